The summed E-state index contributed by atoms with van der Waals surface area (Å²) in [6, 6.07) is 15.0. The molecule has 0 amide bonds. The van der Waals surface area contributed by atoms with Crippen LogP contribution in [0.1, 0.15) is 5.69 Å². The quantitative estimate of drug-likeness (QED) is 0.754. The zero-order chi connectivity index (χ0) is 13.4. The molecule has 2 aromatic carbocycles. The first-order valence-corrected chi connectivity index (χ1v) is 6.37. The monoisotopic (exact) mass is 251 g/mol. The van der Waals surface area contributed by atoms with Gasteiger partial charge in [-0.05, 0) is 36.2 Å². The zero-order valence-electron chi connectivity index (χ0n) is 11.4. The second-order valence-corrected chi connectivity index (χ2v) is 5.01. The van der Waals surface area contributed by atoms with E-state index < -0.39 is 0 Å². The summed E-state index contributed by atoms with van der Waals surface area (Å²) in [5.74, 6) is 0. The van der Waals surface area contributed by atoms with E-state index >= 15 is 0 Å². The topological polar surface area (TPSA) is 31.9 Å². The van der Waals surface area contributed by atoms with Crippen LogP contribution in [0.3, 0.4) is 0 Å². The lowest BCUT2D eigenvalue weighted by atomic mass is 10.0. The summed E-state index contributed by atoms with van der Waals surface area (Å²) < 4.78 is 0. The van der Waals surface area contributed by atoms with Crippen LogP contribution in [0.4, 0.5) is 5.69 Å². The fourth-order valence-electron chi connectivity index (χ4n) is 2.29. The molecule has 0 radical (unpaired) electrons. The lowest BCUT2D eigenvalue weighted by Gasteiger charge is -2.12. The van der Waals surface area contributed by atoms with Crippen LogP contribution in [0.15, 0.2) is 42.5 Å². The van der Waals surface area contributed by atoms with Gasteiger partial charge in [0.05, 0.1) is 11.2 Å². The molecule has 0 aliphatic rings. The fraction of sp³-hybridized carbons (Fsp3) is 0.188. The Morgan fingerprint density at radius 3 is 2.32 bits per heavy atom. The van der Waals surface area contributed by atoms with Crippen molar-refractivity contribution in [3.63, 3.8) is 0 Å². The maximum atomic E-state index is 4.24. The largest absolute Gasteiger partial charge is 0.378 e. The van der Waals surface area contributed by atoms with Gasteiger partial charge in [-0.1, -0.05) is 24.3 Å². The third-order valence-electron chi connectivity index (χ3n) is 3.47. The van der Waals surface area contributed by atoms with E-state index in [0.717, 1.165) is 11.2 Å². The number of H-pyrrole nitrogens is 1. The highest BCUT2D eigenvalue weighted by molar-refractivity contribution is 5.86. The summed E-state index contributed by atoms with van der Waals surface area (Å²) in [5.41, 5.74) is 5.78. The van der Waals surface area contributed by atoms with Gasteiger partial charge in [0.2, 0.25) is 0 Å². The van der Waals surface area contributed by atoms with Gasteiger partial charge in [0.15, 0.2) is 0 Å². The van der Waals surface area contributed by atoms with Gasteiger partial charge in [-0.25, -0.2) is 0 Å². The Labute approximate surface area is 112 Å². The molecule has 0 atom stereocenters. The maximum absolute atomic E-state index is 4.24. The molecule has 3 aromatic rings. The Kier molecular flexibility index (Phi) is 2.75. The summed E-state index contributed by atoms with van der Waals surface area (Å²) in [5, 5.41) is 8.49. The van der Waals surface area contributed by atoms with Gasteiger partial charge in [0, 0.05) is 25.2 Å². The molecule has 0 spiro atoms. The summed E-state index contributed by atoms with van der Waals surface area (Å²) >= 11 is 0. The molecule has 1 heterocycles. The molecule has 0 fully saturated rings. The molecule has 3 rings (SSSR count). The van der Waals surface area contributed by atoms with E-state index in [4.69, 9.17) is 0 Å². The number of benzene rings is 2. The molecule has 0 aliphatic heterocycles. The van der Waals surface area contributed by atoms with Crippen LogP contribution in [-0.4, -0.2) is 24.3 Å². The van der Waals surface area contributed by atoms with Crippen LogP contribution in [0, 0.1) is 6.92 Å². The normalized spacial score (nSPS) is 10.9. The van der Waals surface area contributed by atoms with Crippen LogP contribution < -0.4 is 4.90 Å². The molecule has 19 heavy (non-hydrogen) atoms. The van der Waals surface area contributed by atoms with E-state index in [2.05, 4.69) is 71.7 Å². The first kappa shape index (κ1) is 11.8. The van der Waals surface area contributed by atoms with Gasteiger partial charge in [-0.15, -0.1) is 0 Å². The van der Waals surface area contributed by atoms with E-state index in [-0.39, 0.29) is 0 Å². The van der Waals surface area contributed by atoms with Crippen molar-refractivity contribution in [2.45, 2.75) is 6.92 Å². The van der Waals surface area contributed by atoms with Crippen molar-refractivity contribution in [1.29, 1.82) is 0 Å². The second-order valence-electron chi connectivity index (χ2n) is 5.01. The fourth-order valence-corrected chi connectivity index (χ4v) is 2.29. The highest BCUT2D eigenvalue weighted by atomic mass is 15.1. The summed E-state index contributed by atoms with van der Waals surface area (Å²) in [6.07, 6.45) is 0. The number of hydrogen-bond acceptors (Lipinski definition) is 2. The van der Waals surface area contributed by atoms with Gasteiger partial charge in [0.1, 0.15) is 0 Å². The van der Waals surface area contributed by atoms with Crippen molar-refractivity contribution < 1.29 is 0 Å². The third kappa shape index (κ3) is 2.08. The van der Waals surface area contributed by atoms with Gasteiger partial charge in [0.25, 0.3) is 0 Å². The third-order valence-corrected chi connectivity index (χ3v) is 3.47. The molecule has 96 valence electrons. The summed E-state index contributed by atoms with van der Waals surface area (Å²) in [7, 11) is 4.10. The molecular formula is C16H17N3. The number of aromatic amines is 1. The number of fused-ring (bicyclic) bond motifs is 1. The molecule has 3 nitrogen and oxygen atoms in total. The maximum Gasteiger partial charge on any atom is 0.0669 e. The second kappa shape index (κ2) is 4.43. The SMILES string of the molecule is Cc1n[nH]c2cc(-c3ccc(N(C)C)cc3)ccc12. The van der Waals surface area contributed by atoms with E-state index in [1.807, 2.05) is 6.92 Å². The van der Waals surface area contributed by atoms with Gasteiger partial charge < -0.3 is 4.90 Å². The van der Waals surface area contributed by atoms with Gasteiger partial charge >= 0.3 is 0 Å². The highest BCUT2D eigenvalue weighted by Gasteiger charge is 2.04. The Hall–Kier alpha value is -2.29. The highest BCUT2D eigenvalue weighted by Crippen LogP contribution is 2.26. The van der Waals surface area contributed by atoms with Gasteiger partial charge in [-0.2, -0.15) is 5.10 Å². The van der Waals surface area contributed by atoms with E-state index in [9.17, 15) is 0 Å². The number of nitrogens with one attached hydrogen (secondary N) is 1. The molecule has 0 bridgehead atoms. The van der Waals surface area contributed by atoms with Gasteiger partial charge in [-0.3, -0.25) is 5.10 Å². The molecule has 0 aliphatic carbocycles. The molecule has 1 N–H and O–H groups in total. The number of hydrogen-bond donors (Lipinski definition) is 1. The van der Waals surface area contributed by atoms with E-state index in [1.54, 1.807) is 0 Å². The standard InChI is InChI=1S/C16H17N3/c1-11-15-9-6-13(10-16(15)18-17-11)12-4-7-14(8-5-12)19(2)3/h4-10H,1-3H3,(H,17,18). The Morgan fingerprint density at radius 2 is 1.63 bits per heavy atom. The predicted molar refractivity (Wildman–Crippen MR) is 80.6 cm³/mol. The van der Waals surface area contributed by atoms with Crippen LogP contribution in [0.25, 0.3) is 22.0 Å². The molecule has 1 aromatic heterocycles. The lowest BCUT2D eigenvalue weighted by Crippen LogP contribution is -2.07. The molecule has 0 saturated heterocycles. The van der Waals surface area contributed by atoms with Crippen LogP contribution >= 0.6 is 0 Å². The van der Waals surface area contributed by atoms with Crippen molar-refractivity contribution in [2.75, 3.05) is 19.0 Å². The van der Waals surface area contributed by atoms with Crippen LogP contribution in [0.2, 0.25) is 0 Å². The van der Waals surface area contributed by atoms with E-state index in [1.165, 1.54) is 22.2 Å². The number of aromatic nitrogens is 2. The number of nitrogens with zero attached hydrogens (tertiary/aromatic N) is 2. The van der Waals surface area contributed by atoms with Crippen molar-refractivity contribution in [2.24, 2.45) is 0 Å². The molecule has 0 unspecified atom stereocenters. The molecule has 0 saturated carbocycles. The smallest absolute Gasteiger partial charge is 0.0669 e. The number of anilines is 1. The average Bonchev–Trinajstić information content (AvgIpc) is 2.80. The zero-order valence-corrected chi connectivity index (χ0v) is 11.4. The summed E-state index contributed by atoms with van der Waals surface area (Å²) in [4.78, 5) is 2.10. The minimum atomic E-state index is 1.05. The van der Waals surface area contributed by atoms with Crippen molar-refractivity contribution in [3.8, 4) is 11.1 Å². The molecule has 3 heteroatoms. The van der Waals surface area contributed by atoms with Crippen LogP contribution in [0.5, 0.6) is 0 Å². The average molecular weight is 251 g/mol. The van der Waals surface area contributed by atoms with Crippen molar-refractivity contribution in [3.05, 3.63) is 48.2 Å². The Bertz CT molecular complexity index is 708. The Morgan fingerprint density at radius 1 is 0.947 bits per heavy atom. The summed E-state index contributed by atoms with van der Waals surface area (Å²) in [6.45, 7) is 2.02. The lowest BCUT2D eigenvalue weighted by molar-refractivity contribution is 1.07. The first-order chi connectivity index (χ1) is 9.15. The van der Waals surface area contributed by atoms with E-state index in [0.29, 0.717) is 0 Å². The minimum Gasteiger partial charge on any atom is -0.378 e. The van der Waals surface area contributed by atoms with Crippen LogP contribution in [-0.2, 0) is 0 Å². The predicted octanol–water partition coefficient (Wildman–Crippen LogP) is 3.60. The van der Waals surface area contributed by atoms with Crippen molar-refractivity contribution >= 4 is 16.6 Å². The number of rotatable bonds is 2. The van der Waals surface area contributed by atoms with Crippen molar-refractivity contribution in [1.82, 2.24) is 10.2 Å². The first-order valence-electron chi connectivity index (χ1n) is 6.37. The number of aryl methyl sites for hydroxylation is 1. The minimum absolute atomic E-state index is 1.05. The Balaban J connectivity index is 2.03. The molecular weight excluding hydrogens is 234 g/mol.